The maximum absolute atomic E-state index is 12.6. The Morgan fingerprint density at radius 3 is 2.85 bits per heavy atom. The average Bonchev–Trinajstić information content (AvgIpc) is 2.87. The highest BCUT2D eigenvalue weighted by atomic mass is 16.5. The van der Waals surface area contributed by atoms with E-state index in [-0.39, 0.29) is 12.5 Å². The number of H-pyrrole nitrogens is 1. The van der Waals surface area contributed by atoms with Gasteiger partial charge < -0.3 is 9.64 Å². The number of carbonyl (C=O) groups excluding carboxylic acids is 1. The van der Waals surface area contributed by atoms with Crippen molar-refractivity contribution in [2.45, 2.75) is 31.4 Å². The van der Waals surface area contributed by atoms with Crippen molar-refractivity contribution in [1.29, 1.82) is 0 Å². The molecule has 1 N–H and O–H groups in total. The summed E-state index contributed by atoms with van der Waals surface area (Å²) < 4.78 is 7.35. The summed E-state index contributed by atoms with van der Waals surface area (Å²) >= 11 is 0. The van der Waals surface area contributed by atoms with E-state index in [1.54, 1.807) is 4.90 Å². The number of likely N-dealkylation sites (tertiary alicyclic amines) is 1. The number of rotatable bonds is 2. The lowest BCUT2D eigenvalue weighted by Gasteiger charge is -2.34. The van der Waals surface area contributed by atoms with Gasteiger partial charge in [-0.25, -0.2) is 4.68 Å². The van der Waals surface area contributed by atoms with E-state index < -0.39 is 16.7 Å². The summed E-state index contributed by atoms with van der Waals surface area (Å²) in [4.78, 5) is 37.6. The van der Waals surface area contributed by atoms with Crippen LogP contribution in [0.15, 0.2) is 52.1 Å². The zero-order chi connectivity index (χ0) is 18.9. The van der Waals surface area contributed by atoms with E-state index in [0.29, 0.717) is 19.5 Å². The molecule has 2 aromatic rings. The fourth-order valence-electron chi connectivity index (χ4n) is 3.67. The minimum atomic E-state index is -0.406. The number of amides is 1. The lowest BCUT2D eigenvalue weighted by Crippen LogP contribution is -2.41. The second kappa shape index (κ2) is 6.90. The summed E-state index contributed by atoms with van der Waals surface area (Å²) in [5, 5.41) is 2.39. The van der Waals surface area contributed by atoms with Crippen LogP contribution in [0.25, 0.3) is 6.08 Å². The van der Waals surface area contributed by atoms with Gasteiger partial charge in [0.15, 0.2) is 0 Å². The van der Waals surface area contributed by atoms with E-state index in [2.05, 4.69) is 17.3 Å². The highest BCUT2D eigenvalue weighted by molar-refractivity contribution is 5.76. The van der Waals surface area contributed by atoms with Gasteiger partial charge in [0, 0.05) is 37.2 Å². The molecule has 0 unspecified atom stereocenters. The first kappa shape index (κ1) is 17.3. The molecule has 140 valence electrons. The molecule has 2 aliphatic rings. The Labute approximate surface area is 155 Å². The molecule has 1 amide bonds. The van der Waals surface area contributed by atoms with Crippen LogP contribution in [0, 0.1) is 0 Å². The van der Waals surface area contributed by atoms with Crippen molar-refractivity contribution >= 4 is 12.0 Å². The van der Waals surface area contributed by atoms with Gasteiger partial charge in [-0.3, -0.25) is 19.5 Å². The lowest BCUT2D eigenvalue weighted by atomic mass is 9.91. The normalized spacial score (nSPS) is 21.4. The van der Waals surface area contributed by atoms with Crippen LogP contribution in [0.1, 0.15) is 24.8 Å². The van der Waals surface area contributed by atoms with E-state index >= 15 is 0 Å². The van der Waals surface area contributed by atoms with E-state index in [1.165, 1.54) is 6.07 Å². The molecule has 27 heavy (non-hydrogen) atoms. The van der Waals surface area contributed by atoms with Crippen LogP contribution < -0.4 is 15.9 Å². The summed E-state index contributed by atoms with van der Waals surface area (Å²) in [6.07, 6.45) is 6.50. The summed E-state index contributed by atoms with van der Waals surface area (Å²) in [7, 11) is 0. The standard InChI is InChI=1S/C20H21N3O4/c24-17-6-7-18(25)23(21-17)14-19(26)22-12-3-9-20(11-13-22)10-8-15-4-1-2-5-16(15)27-20/h1-2,4-8,10H,3,9,11-14H2,(H,21,24)/t20-/m1/s1. The summed E-state index contributed by atoms with van der Waals surface area (Å²) in [6.45, 7) is 0.976. The van der Waals surface area contributed by atoms with Crippen LogP contribution in [-0.4, -0.2) is 39.3 Å². The molecular formula is C20H21N3O4. The Kier molecular flexibility index (Phi) is 4.43. The second-order valence-corrected chi connectivity index (χ2v) is 7.01. The van der Waals surface area contributed by atoms with Crippen LogP contribution in [-0.2, 0) is 11.3 Å². The average molecular weight is 367 g/mol. The Bertz CT molecular complexity index is 1010. The van der Waals surface area contributed by atoms with E-state index in [9.17, 15) is 14.4 Å². The van der Waals surface area contributed by atoms with Crippen molar-refractivity contribution in [3.05, 3.63) is 68.7 Å². The van der Waals surface area contributed by atoms with Gasteiger partial charge in [-0.05, 0) is 25.0 Å². The maximum atomic E-state index is 12.6. The molecule has 7 nitrogen and oxygen atoms in total. The van der Waals surface area contributed by atoms with Crippen molar-refractivity contribution < 1.29 is 9.53 Å². The third kappa shape index (κ3) is 3.58. The molecule has 0 saturated carbocycles. The molecule has 1 saturated heterocycles. The highest BCUT2D eigenvalue weighted by Gasteiger charge is 2.35. The van der Waals surface area contributed by atoms with Crippen LogP contribution >= 0.6 is 0 Å². The van der Waals surface area contributed by atoms with Crippen LogP contribution in [0.4, 0.5) is 0 Å². The van der Waals surface area contributed by atoms with Gasteiger partial charge in [0.05, 0.1) is 0 Å². The largest absolute Gasteiger partial charge is 0.483 e. The third-order valence-electron chi connectivity index (χ3n) is 5.17. The summed E-state index contributed by atoms with van der Waals surface area (Å²) in [5.41, 5.74) is -0.143. The number of nitrogens with one attached hydrogen (secondary N) is 1. The number of aromatic nitrogens is 2. The maximum Gasteiger partial charge on any atom is 0.265 e. The molecular weight excluding hydrogens is 346 g/mol. The summed E-state index contributed by atoms with van der Waals surface area (Å²) in [5.74, 6) is 0.685. The molecule has 3 heterocycles. The number of hydrogen-bond acceptors (Lipinski definition) is 4. The number of para-hydroxylation sites is 1. The minimum absolute atomic E-state index is 0.165. The molecule has 7 heteroatoms. The smallest absolute Gasteiger partial charge is 0.265 e. The molecule has 1 atom stereocenters. The predicted octanol–water partition coefficient (Wildman–Crippen LogP) is 1.39. The van der Waals surface area contributed by atoms with Gasteiger partial charge in [0.25, 0.3) is 11.1 Å². The van der Waals surface area contributed by atoms with Crippen LogP contribution in [0.3, 0.4) is 0 Å². The minimum Gasteiger partial charge on any atom is -0.483 e. The van der Waals surface area contributed by atoms with Gasteiger partial charge in [-0.2, -0.15) is 0 Å². The van der Waals surface area contributed by atoms with E-state index in [1.807, 2.05) is 24.3 Å². The van der Waals surface area contributed by atoms with Gasteiger partial charge in [-0.1, -0.05) is 24.3 Å². The van der Waals surface area contributed by atoms with Crippen molar-refractivity contribution in [3.8, 4) is 5.75 Å². The van der Waals surface area contributed by atoms with Crippen molar-refractivity contribution in [3.63, 3.8) is 0 Å². The predicted molar refractivity (Wildman–Crippen MR) is 101 cm³/mol. The number of nitrogens with zero attached hydrogens (tertiary/aromatic N) is 2. The number of hydrogen-bond donors (Lipinski definition) is 1. The molecule has 4 rings (SSSR count). The number of benzene rings is 1. The zero-order valence-corrected chi connectivity index (χ0v) is 14.9. The Hall–Kier alpha value is -3.09. The molecule has 1 fully saturated rings. The highest BCUT2D eigenvalue weighted by Crippen LogP contribution is 2.36. The van der Waals surface area contributed by atoms with Gasteiger partial charge in [0.2, 0.25) is 5.91 Å². The topological polar surface area (TPSA) is 84.4 Å². The molecule has 2 aliphatic heterocycles. The molecule has 1 aromatic heterocycles. The van der Waals surface area contributed by atoms with Crippen LogP contribution in [0.2, 0.25) is 0 Å². The monoisotopic (exact) mass is 367 g/mol. The first-order chi connectivity index (χ1) is 13.0. The SMILES string of the molecule is O=C(Cn1[nH]c(=O)ccc1=O)N1CCC[C@@]2(C=Cc3ccccc3O2)CC1. The van der Waals surface area contributed by atoms with Gasteiger partial charge >= 0.3 is 0 Å². The fourth-order valence-corrected chi connectivity index (χ4v) is 3.67. The molecule has 0 bridgehead atoms. The lowest BCUT2D eigenvalue weighted by molar-refractivity contribution is -0.132. The van der Waals surface area contributed by atoms with Crippen LogP contribution in [0.5, 0.6) is 5.75 Å². The Morgan fingerprint density at radius 2 is 1.96 bits per heavy atom. The second-order valence-electron chi connectivity index (χ2n) is 7.01. The number of fused-ring (bicyclic) bond motifs is 1. The van der Waals surface area contributed by atoms with Crippen molar-refractivity contribution in [1.82, 2.24) is 14.7 Å². The first-order valence-corrected chi connectivity index (χ1v) is 9.10. The van der Waals surface area contributed by atoms with E-state index in [0.717, 1.165) is 34.9 Å². The summed E-state index contributed by atoms with van der Waals surface area (Å²) in [6, 6.07) is 10.2. The number of aromatic amines is 1. The van der Waals surface area contributed by atoms with Crippen molar-refractivity contribution in [2.24, 2.45) is 0 Å². The molecule has 0 radical (unpaired) electrons. The van der Waals surface area contributed by atoms with E-state index in [4.69, 9.17) is 4.74 Å². The van der Waals surface area contributed by atoms with Gasteiger partial charge in [-0.15, -0.1) is 0 Å². The number of carbonyl (C=O) groups is 1. The zero-order valence-electron chi connectivity index (χ0n) is 14.9. The third-order valence-corrected chi connectivity index (χ3v) is 5.17. The van der Waals surface area contributed by atoms with Gasteiger partial charge in [0.1, 0.15) is 17.9 Å². The quantitative estimate of drug-likeness (QED) is 0.869. The van der Waals surface area contributed by atoms with Crippen molar-refractivity contribution in [2.75, 3.05) is 13.1 Å². The molecule has 1 aromatic carbocycles. The first-order valence-electron chi connectivity index (χ1n) is 9.10. The number of ether oxygens (including phenoxy) is 1. The fraction of sp³-hybridized carbons (Fsp3) is 0.350. The Morgan fingerprint density at radius 1 is 1.11 bits per heavy atom. The molecule has 0 aliphatic carbocycles. The molecule has 1 spiro atoms. The Balaban J connectivity index is 1.46.